The van der Waals surface area contributed by atoms with E-state index in [1.165, 1.54) is 0 Å². The normalized spacial score (nSPS) is 8.36. The van der Waals surface area contributed by atoms with Gasteiger partial charge < -0.3 is 95.4 Å². The van der Waals surface area contributed by atoms with E-state index in [0.29, 0.717) is 32.6 Å². The van der Waals surface area contributed by atoms with E-state index < -0.39 is 0 Å². The van der Waals surface area contributed by atoms with E-state index in [4.69, 9.17) is 74.5 Å². The van der Waals surface area contributed by atoms with Crippen LogP contribution in [0.15, 0.2) is 0 Å². The fraction of sp³-hybridized carbons (Fsp3) is 0.667. The summed E-state index contributed by atoms with van der Waals surface area (Å²) in [7, 11) is 0. The molecule has 0 unspecified atom stereocenters. The van der Waals surface area contributed by atoms with Gasteiger partial charge in [0, 0.05) is 39.3 Å². The second-order valence-corrected chi connectivity index (χ2v) is 6.61. The molecule has 0 aromatic carbocycles. The molecule has 0 aliphatic carbocycles. The molecule has 0 aromatic heterocycles. The predicted molar refractivity (Wildman–Crippen MR) is 100 cm³/mol. The maximum absolute atomic E-state index is 5.01. The molecule has 22 heavy (non-hydrogen) atoms. The maximum Gasteiger partial charge on any atom is 1.00 e. The van der Waals surface area contributed by atoms with Gasteiger partial charge in [0.1, 0.15) is 0 Å². The Kier molecular flexibility index (Phi) is 33.4. The van der Waals surface area contributed by atoms with E-state index in [0.717, 1.165) is 19.6 Å². The first kappa shape index (κ1) is 32.9. The molecule has 3 N–H and O–H groups in total. The molecule has 0 bridgehead atoms. The maximum atomic E-state index is 5.01. The number of rotatable bonds is 9. The predicted octanol–water partition coefficient (Wildman–Crippen LogP) is -9.44. The number of nitrogens with one attached hydrogen (secondary N) is 3. The third kappa shape index (κ3) is 23.3. The van der Waals surface area contributed by atoms with Crippen LogP contribution < -0.4 is 105 Å². The molecular formula is C9H15N4Na3S6. The molecule has 0 heterocycles. The molecule has 0 aliphatic heterocycles. The van der Waals surface area contributed by atoms with Gasteiger partial charge in [-0.3, -0.25) is 0 Å². The van der Waals surface area contributed by atoms with Crippen LogP contribution in [-0.4, -0.2) is 57.1 Å². The number of hydrogen-bond acceptors (Lipinski definition) is 7. The SMILES string of the molecule is S=C([S-])NCCNCCN(CCNC(=S)[S-])C(=S)[S-].[Na+].[Na+].[Na+]. The van der Waals surface area contributed by atoms with Gasteiger partial charge in [0.05, 0.1) is 0 Å². The molecule has 0 rings (SSSR count). The van der Waals surface area contributed by atoms with Gasteiger partial charge in [-0.15, -0.1) is 0 Å². The Hall–Kier alpha value is 3.29. The summed E-state index contributed by atoms with van der Waals surface area (Å²) in [6.45, 7) is 4.35. The van der Waals surface area contributed by atoms with Crippen LogP contribution in [0.4, 0.5) is 0 Å². The summed E-state index contributed by atoms with van der Waals surface area (Å²) in [6.07, 6.45) is 0. The Morgan fingerprint density at radius 3 is 1.64 bits per heavy atom. The molecule has 0 radical (unpaired) electrons. The van der Waals surface area contributed by atoms with E-state index in [1.54, 1.807) is 0 Å². The van der Waals surface area contributed by atoms with Crippen LogP contribution in [0.5, 0.6) is 0 Å². The average Bonchev–Trinajstić information content (AvgIpc) is 2.29. The van der Waals surface area contributed by atoms with Crippen molar-refractivity contribution in [1.29, 1.82) is 0 Å². The Balaban J connectivity index is -0.000000540. The summed E-state index contributed by atoms with van der Waals surface area (Å²) >= 11 is 29.0. The van der Waals surface area contributed by atoms with Gasteiger partial charge in [0.25, 0.3) is 0 Å². The minimum Gasteiger partial charge on any atom is -0.412 e. The molecule has 0 aromatic rings. The van der Waals surface area contributed by atoms with Crippen molar-refractivity contribution < 1.29 is 88.7 Å². The van der Waals surface area contributed by atoms with Crippen molar-refractivity contribution in [3.8, 4) is 0 Å². The largest absolute Gasteiger partial charge is 1.00 e. The minimum atomic E-state index is 0. The topological polar surface area (TPSA) is 39.3 Å². The van der Waals surface area contributed by atoms with Crippen molar-refractivity contribution in [3.63, 3.8) is 0 Å². The second-order valence-electron chi connectivity index (χ2n) is 3.43. The number of thiocarbonyl (C=S) groups is 3. The summed E-state index contributed by atoms with van der Waals surface area (Å²) < 4.78 is 1.20. The van der Waals surface area contributed by atoms with Gasteiger partial charge >= 0.3 is 88.7 Å². The van der Waals surface area contributed by atoms with Crippen LogP contribution in [-0.2, 0) is 37.9 Å². The van der Waals surface area contributed by atoms with E-state index in [1.807, 2.05) is 4.90 Å². The zero-order valence-electron chi connectivity index (χ0n) is 13.1. The number of nitrogens with zero attached hydrogens (tertiary/aromatic N) is 1. The molecule has 0 saturated heterocycles. The molecule has 0 amide bonds. The zero-order valence-corrected chi connectivity index (χ0v) is 24.0. The summed E-state index contributed by atoms with van der Waals surface area (Å²) in [5.74, 6) is 0. The van der Waals surface area contributed by atoms with Crippen molar-refractivity contribution in [2.24, 2.45) is 0 Å². The van der Waals surface area contributed by atoms with Crippen molar-refractivity contribution in [3.05, 3.63) is 0 Å². The second kappa shape index (κ2) is 22.3. The summed E-state index contributed by atoms with van der Waals surface area (Å²) in [6, 6.07) is 0. The molecule has 0 fully saturated rings. The van der Waals surface area contributed by atoms with Crippen LogP contribution in [0.25, 0.3) is 0 Å². The average molecular weight is 441 g/mol. The van der Waals surface area contributed by atoms with E-state index in [2.05, 4.69) is 16.0 Å². The van der Waals surface area contributed by atoms with E-state index in [9.17, 15) is 0 Å². The molecule has 0 spiro atoms. The van der Waals surface area contributed by atoms with Crippen LogP contribution in [0.1, 0.15) is 0 Å². The third-order valence-corrected chi connectivity index (χ3v) is 3.13. The quantitative estimate of drug-likeness (QED) is 0.139. The zero-order chi connectivity index (χ0) is 14.7. The Morgan fingerprint density at radius 2 is 1.18 bits per heavy atom. The van der Waals surface area contributed by atoms with Gasteiger partial charge in [-0.2, -0.15) is 0 Å². The first-order chi connectivity index (χ1) is 8.93. The molecule has 0 atom stereocenters. The van der Waals surface area contributed by atoms with Crippen molar-refractivity contribution in [2.75, 3.05) is 39.3 Å². The van der Waals surface area contributed by atoms with Crippen molar-refractivity contribution in [2.45, 2.75) is 0 Å². The van der Waals surface area contributed by atoms with Crippen LogP contribution in [0, 0.1) is 0 Å². The fourth-order valence-electron chi connectivity index (χ4n) is 1.18. The molecule has 0 aliphatic rings. The Labute approximate surface area is 232 Å². The summed E-state index contributed by atoms with van der Waals surface area (Å²) in [5.41, 5.74) is 0. The van der Waals surface area contributed by atoms with Crippen molar-refractivity contribution >= 4 is 87.5 Å². The van der Waals surface area contributed by atoms with Gasteiger partial charge in [-0.25, -0.2) is 0 Å². The van der Waals surface area contributed by atoms with E-state index >= 15 is 0 Å². The van der Waals surface area contributed by atoms with Gasteiger partial charge in [0.15, 0.2) is 0 Å². The van der Waals surface area contributed by atoms with Crippen molar-refractivity contribution in [1.82, 2.24) is 20.9 Å². The van der Waals surface area contributed by atoms with Crippen LogP contribution in [0.3, 0.4) is 0 Å². The first-order valence-corrected chi connectivity index (χ1v) is 7.94. The van der Waals surface area contributed by atoms with E-state index in [-0.39, 0.29) is 88.7 Å². The summed E-state index contributed by atoms with van der Waals surface area (Å²) in [5, 5.41) is 9.03. The fourth-order valence-corrected chi connectivity index (χ4v) is 1.95. The third-order valence-electron chi connectivity index (χ3n) is 2.04. The molecular weight excluding hydrogens is 425 g/mol. The standard InChI is InChI=1S/C9H18N4S6.3Na/c14-7(15)11-2-1-10-3-5-13(9(18)19)6-4-12-8(16)17;;;/h10H,1-6H2,(H,18,19)(H2,11,14,15)(H2,12,16,17);;;/q;3*+1/p-3. The monoisotopic (exact) mass is 440 g/mol. The Bertz CT molecular complexity index is 324. The first-order valence-electron chi connectivity index (χ1n) is 5.50. The van der Waals surface area contributed by atoms with Crippen LogP contribution >= 0.6 is 36.7 Å². The molecule has 0 saturated carbocycles. The smallest absolute Gasteiger partial charge is 0.412 e. The number of hydrogen-bond donors (Lipinski definition) is 3. The molecule has 110 valence electrons. The van der Waals surface area contributed by atoms with Gasteiger partial charge in [0.2, 0.25) is 0 Å². The Morgan fingerprint density at radius 1 is 0.727 bits per heavy atom. The minimum absolute atomic E-state index is 0. The molecule has 13 heteroatoms. The van der Waals surface area contributed by atoms with Gasteiger partial charge in [-0.05, 0) is 0 Å². The summed E-state index contributed by atoms with van der Waals surface area (Å²) in [4.78, 5) is 1.92. The molecule has 4 nitrogen and oxygen atoms in total. The van der Waals surface area contributed by atoms with Gasteiger partial charge in [-0.1, -0.05) is 13.0 Å². The van der Waals surface area contributed by atoms with Crippen LogP contribution in [0.2, 0.25) is 0 Å².